The summed E-state index contributed by atoms with van der Waals surface area (Å²) in [6.45, 7) is 0. The molecule has 0 radical (unpaired) electrons. The highest BCUT2D eigenvalue weighted by Crippen LogP contribution is 2.28. The van der Waals surface area contributed by atoms with Crippen LogP contribution in [-0.2, 0) is 4.79 Å². The number of anilines is 2. The minimum absolute atomic E-state index is 0.361. The van der Waals surface area contributed by atoms with Gasteiger partial charge in [0.25, 0.3) is 11.7 Å². The van der Waals surface area contributed by atoms with Crippen molar-refractivity contribution >= 4 is 23.1 Å². The molecular formula is C8H6N2O2. The van der Waals surface area contributed by atoms with E-state index in [2.05, 4.69) is 5.32 Å². The smallest absolute Gasteiger partial charge is 0.296 e. The molecule has 0 unspecified atom stereocenters. The molecule has 60 valence electrons. The second kappa shape index (κ2) is 2.07. The molecule has 2 rings (SSSR count). The Labute approximate surface area is 68.4 Å². The Morgan fingerprint density at radius 3 is 2.67 bits per heavy atom. The van der Waals surface area contributed by atoms with Crippen LogP contribution in [0.5, 0.6) is 0 Å². The normalized spacial score (nSPS) is 14.3. The van der Waals surface area contributed by atoms with Gasteiger partial charge >= 0.3 is 0 Å². The molecule has 0 atom stereocenters. The van der Waals surface area contributed by atoms with E-state index in [1.54, 1.807) is 18.2 Å². The van der Waals surface area contributed by atoms with Gasteiger partial charge in [0, 0.05) is 0 Å². The summed E-state index contributed by atoms with van der Waals surface area (Å²) in [5, 5.41) is 2.40. The fourth-order valence-corrected chi connectivity index (χ4v) is 1.19. The van der Waals surface area contributed by atoms with Crippen molar-refractivity contribution in [1.29, 1.82) is 0 Å². The number of nitrogens with one attached hydrogen (secondary N) is 1. The third-order valence-corrected chi connectivity index (χ3v) is 1.79. The zero-order valence-electron chi connectivity index (χ0n) is 6.13. The second-order valence-corrected chi connectivity index (χ2v) is 2.55. The standard InChI is InChI=1S/C8H6N2O2/c9-5-3-1-2-4-6(5)10-8(12)7(4)11/h1-3H,9H2,(H,10,11,12). The molecule has 0 spiro atoms. The third kappa shape index (κ3) is 0.717. The van der Waals surface area contributed by atoms with Crippen LogP contribution in [0.3, 0.4) is 0 Å². The van der Waals surface area contributed by atoms with Crippen molar-refractivity contribution in [2.75, 3.05) is 11.1 Å². The Bertz CT molecular complexity index is 385. The minimum Gasteiger partial charge on any atom is -0.397 e. The number of carbonyl (C=O) groups is 2. The highest BCUT2D eigenvalue weighted by molar-refractivity contribution is 6.52. The number of amides is 1. The zero-order chi connectivity index (χ0) is 8.72. The van der Waals surface area contributed by atoms with E-state index in [1.165, 1.54) is 0 Å². The van der Waals surface area contributed by atoms with Crippen molar-refractivity contribution in [2.24, 2.45) is 0 Å². The van der Waals surface area contributed by atoms with Crippen molar-refractivity contribution in [3.8, 4) is 0 Å². The summed E-state index contributed by atoms with van der Waals surface area (Å²) in [7, 11) is 0. The lowest BCUT2D eigenvalue weighted by molar-refractivity contribution is -0.112. The topological polar surface area (TPSA) is 72.2 Å². The summed E-state index contributed by atoms with van der Waals surface area (Å²) in [6, 6.07) is 4.86. The van der Waals surface area contributed by atoms with Crippen LogP contribution >= 0.6 is 0 Å². The number of para-hydroxylation sites is 1. The molecule has 12 heavy (non-hydrogen) atoms. The van der Waals surface area contributed by atoms with Crippen molar-refractivity contribution in [3.63, 3.8) is 0 Å². The largest absolute Gasteiger partial charge is 0.397 e. The Hall–Kier alpha value is -1.84. The molecule has 0 aliphatic carbocycles. The molecule has 0 fully saturated rings. The fraction of sp³-hybridized carbons (Fsp3) is 0. The average Bonchev–Trinajstić information content (AvgIpc) is 2.32. The van der Waals surface area contributed by atoms with Gasteiger partial charge in [-0.25, -0.2) is 0 Å². The first-order valence-corrected chi connectivity index (χ1v) is 3.44. The average molecular weight is 162 g/mol. The number of carbonyl (C=O) groups excluding carboxylic acids is 2. The first-order chi connectivity index (χ1) is 5.70. The maximum absolute atomic E-state index is 11.1. The van der Waals surface area contributed by atoms with Gasteiger partial charge in [-0.1, -0.05) is 6.07 Å². The quantitative estimate of drug-likeness (QED) is 0.428. The lowest BCUT2D eigenvalue weighted by atomic mass is 10.1. The summed E-state index contributed by atoms with van der Waals surface area (Å²) in [4.78, 5) is 21.9. The summed E-state index contributed by atoms with van der Waals surface area (Å²) in [5.74, 6) is -1.12. The number of Topliss-reactive ketones (excluding diaryl/α,β-unsaturated/α-hetero) is 1. The van der Waals surface area contributed by atoms with Crippen LogP contribution < -0.4 is 11.1 Å². The van der Waals surface area contributed by atoms with Gasteiger partial charge < -0.3 is 11.1 Å². The number of hydrogen-bond donors (Lipinski definition) is 2. The fourth-order valence-electron chi connectivity index (χ4n) is 1.19. The molecule has 4 heteroatoms. The van der Waals surface area contributed by atoms with E-state index in [1.807, 2.05) is 0 Å². The first-order valence-electron chi connectivity index (χ1n) is 3.44. The summed E-state index contributed by atoms with van der Waals surface area (Å²) in [6.07, 6.45) is 0. The predicted molar refractivity (Wildman–Crippen MR) is 43.8 cm³/mol. The van der Waals surface area contributed by atoms with Crippen molar-refractivity contribution in [1.82, 2.24) is 0 Å². The Balaban J connectivity index is 2.68. The van der Waals surface area contributed by atoms with Gasteiger partial charge in [-0.05, 0) is 12.1 Å². The second-order valence-electron chi connectivity index (χ2n) is 2.55. The summed E-state index contributed by atoms with van der Waals surface area (Å²) >= 11 is 0. The molecule has 1 heterocycles. The zero-order valence-corrected chi connectivity index (χ0v) is 6.13. The van der Waals surface area contributed by atoms with Crippen LogP contribution in [-0.4, -0.2) is 11.7 Å². The number of hydrogen-bond acceptors (Lipinski definition) is 3. The monoisotopic (exact) mass is 162 g/mol. The summed E-state index contributed by atoms with van der Waals surface area (Å²) < 4.78 is 0. The van der Waals surface area contributed by atoms with Crippen molar-refractivity contribution in [2.45, 2.75) is 0 Å². The molecule has 1 aliphatic heterocycles. The van der Waals surface area contributed by atoms with Crippen LogP contribution in [0.25, 0.3) is 0 Å². The van der Waals surface area contributed by atoms with Crippen LogP contribution in [0, 0.1) is 0 Å². The molecule has 1 aromatic carbocycles. The lowest BCUT2D eigenvalue weighted by Gasteiger charge is -1.99. The number of rotatable bonds is 0. The summed E-state index contributed by atoms with van der Waals surface area (Å²) in [5.41, 5.74) is 6.75. The maximum atomic E-state index is 11.1. The van der Waals surface area contributed by atoms with Gasteiger partial charge in [0.15, 0.2) is 0 Å². The number of ketones is 1. The van der Waals surface area contributed by atoms with E-state index in [0.29, 0.717) is 16.9 Å². The predicted octanol–water partition coefficient (Wildman–Crippen LogP) is 0.404. The molecule has 1 amide bonds. The molecule has 3 N–H and O–H groups in total. The number of fused-ring (bicyclic) bond motifs is 1. The Morgan fingerprint density at radius 1 is 1.25 bits per heavy atom. The molecule has 0 bridgehead atoms. The van der Waals surface area contributed by atoms with E-state index >= 15 is 0 Å². The molecular weight excluding hydrogens is 156 g/mol. The molecule has 4 nitrogen and oxygen atoms in total. The van der Waals surface area contributed by atoms with Crippen LogP contribution in [0.1, 0.15) is 10.4 Å². The highest BCUT2D eigenvalue weighted by atomic mass is 16.2. The maximum Gasteiger partial charge on any atom is 0.296 e. The van der Waals surface area contributed by atoms with E-state index < -0.39 is 11.7 Å². The van der Waals surface area contributed by atoms with Gasteiger partial charge in [-0.15, -0.1) is 0 Å². The van der Waals surface area contributed by atoms with E-state index in [9.17, 15) is 9.59 Å². The molecule has 1 aromatic rings. The number of benzene rings is 1. The van der Waals surface area contributed by atoms with Gasteiger partial charge in [-0.3, -0.25) is 9.59 Å². The van der Waals surface area contributed by atoms with Crippen LogP contribution in [0.2, 0.25) is 0 Å². The molecule has 0 saturated heterocycles. The Morgan fingerprint density at radius 2 is 2.00 bits per heavy atom. The van der Waals surface area contributed by atoms with Crippen LogP contribution in [0.15, 0.2) is 18.2 Å². The SMILES string of the molecule is Nc1cccc2c1NC(=O)C2=O. The van der Waals surface area contributed by atoms with Crippen molar-refractivity contribution in [3.05, 3.63) is 23.8 Å². The number of nitrogen functional groups attached to an aromatic ring is 1. The van der Waals surface area contributed by atoms with E-state index in [0.717, 1.165) is 0 Å². The first kappa shape index (κ1) is 6.84. The lowest BCUT2D eigenvalue weighted by Crippen LogP contribution is -2.12. The Kier molecular flexibility index (Phi) is 1.18. The van der Waals surface area contributed by atoms with Crippen molar-refractivity contribution < 1.29 is 9.59 Å². The van der Waals surface area contributed by atoms with Gasteiger partial charge in [0.2, 0.25) is 0 Å². The number of nitrogens with two attached hydrogens (primary N) is 1. The van der Waals surface area contributed by atoms with E-state index in [-0.39, 0.29) is 0 Å². The highest BCUT2D eigenvalue weighted by Gasteiger charge is 2.28. The van der Waals surface area contributed by atoms with Gasteiger partial charge in [0.05, 0.1) is 16.9 Å². The van der Waals surface area contributed by atoms with Gasteiger partial charge in [0.1, 0.15) is 0 Å². The minimum atomic E-state index is -0.608. The third-order valence-electron chi connectivity index (χ3n) is 1.79. The molecule has 1 aliphatic rings. The van der Waals surface area contributed by atoms with E-state index in [4.69, 9.17) is 5.73 Å². The van der Waals surface area contributed by atoms with Crippen LogP contribution in [0.4, 0.5) is 11.4 Å². The molecule has 0 saturated carbocycles. The molecule has 0 aromatic heterocycles. The van der Waals surface area contributed by atoms with Gasteiger partial charge in [-0.2, -0.15) is 0 Å².